The van der Waals surface area contributed by atoms with Gasteiger partial charge < -0.3 is 20.9 Å². The smallest absolute Gasteiger partial charge is 0.353 e. The second kappa shape index (κ2) is 12.9. The monoisotopic (exact) mass is 465 g/mol. The van der Waals surface area contributed by atoms with Crippen LogP contribution in [0.25, 0.3) is 0 Å². The van der Waals surface area contributed by atoms with Gasteiger partial charge in [0.1, 0.15) is 4.88 Å². The predicted molar refractivity (Wildman–Crippen MR) is 126 cm³/mol. The average molecular weight is 466 g/mol. The first kappa shape index (κ1) is 27.3. The number of nitrogens with zero attached hydrogens (tertiary/aromatic N) is 1. The second-order valence-corrected chi connectivity index (χ2v) is 8.99. The lowest BCUT2D eigenvalue weighted by Crippen LogP contribution is -2.45. The van der Waals surface area contributed by atoms with Gasteiger partial charge in [0.05, 0.1) is 19.0 Å². The highest BCUT2D eigenvalue weighted by molar-refractivity contribution is 7.13. The van der Waals surface area contributed by atoms with E-state index in [9.17, 15) is 19.1 Å². The molecular formula is C23H32FN3O4S. The summed E-state index contributed by atoms with van der Waals surface area (Å²) in [5.41, 5.74) is 4.76. The van der Waals surface area contributed by atoms with Crippen LogP contribution in [-0.2, 0) is 11.2 Å². The van der Waals surface area contributed by atoms with Gasteiger partial charge in [-0.25, -0.2) is 9.18 Å². The average Bonchev–Trinajstić information content (AvgIpc) is 3.21. The number of nitrogens with one attached hydrogen (secondary N) is 1. The number of aliphatic hydroxyl groups is 1. The van der Waals surface area contributed by atoms with Crippen molar-refractivity contribution in [1.29, 1.82) is 0 Å². The Morgan fingerprint density at radius 2 is 2.00 bits per heavy atom. The zero-order valence-corrected chi connectivity index (χ0v) is 20.0. The van der Waals surface area contributed by atoms with Crippen LogP contribution in [0.5, 0.6) is 5.75 Å². The number of aliphatic imine (C=N–C) groups is 1. The van der Waals surface area contributed by atoms with Crippen molar-refractivity contribution in [1.82, 2.24) is 5.32 Å². The molecule has 1 aromatic carbocycles. The van der Waals surface area contributed by atoms with Gasteiger partial charge in [0.25, 0.3) is 0 Å². The van der Waals surface area contributed by atoms with Crippen molar-refractivity contribution in [2.24, 2.45) is 16.1 Å². The minimum Gasteiger partial charge on any atom is -0.419 e. The molecule has 1 heterocycles. The maximum atomic E-state index is 13.9. The van der Waals surface area contributed by atoms with Crippen molar-refractivity contribution >= 4 is 29.6 Å². The third-order valence-corrected chi connectivity index (χ3v) is 5.65. The fourth-order valence-corrected chi connectivity index (χ4v) is 3.71. The Kier molecular flexibility index (Phi) is 11.0. The third-order valence-electron chi connectivity index (χ3n) is 4.58. The number of aryl methyl sites for hydroxylation is 1. The molecule has 1 unspecified atom stereocenters. The first-order valence-electron chi connectivity index (χ1n) is 10.2. The van der Waals surface area contributed by atoms with Crippen LogP contribution in [0.4, 0.5) is 4.39 Å². The maximum Gasteiger partial charge on any atom is 0.353 e. The summed E-state index contributed by atoms with van der Waals surface area (Å²) < 4.78 is 19.0. The molecule has 1 aromatic heterocycles. The first-order valence-corrected chi connectivity index (χ1v) is 11.0. The van der Waals surface area contributed by atoms with Gasteiger partial charge in [-0.15, -0.1) is 11.3 Å². The topological polar surface area (TPSA) is 114 Å². The number of carbonyl (C=O) groups excluding carboxylic acids is 2. The van der Waals surface area contributed by atoms with Crippen molar-refractivity contribution in [3.63, 3.8) is 0 Å². The van der Waals surface area contributed by atoms with E-state index in [4.69, 9.17) is 10.5 Å². The highest BCUT2D eigenvalue weighted by atomic mass is 32.1. The largest absolute Gasteiger partial charge is 0.419 e. The highest BCUT2D eigenvalue weighted by Crippen LogP contribution is 2.28. The molecular weight excluding hydrogens is 433 g/mol. The normalized spacial score (nSPS) is 12.1. The number of hydrogen-bond acceptors (Lipinski definition) is 6. The fourth-order valence-electron chi connectivity index (χ4n) is 2.59. The zero-order chi connectivity index (χ0) is 24.3. The highest BCUT2D eigenvalue weighted by Gasteiger charge is 2.30. The van der Waals surface area contributed by atoms with Crippen LogP contribution in [0.3, 0.4) is 0 Å². The minimum absolute atomic E-state index is 0.108. The molecule has 9 heteroatoms. The molecule has 0 radical (unpaired) electrons. The Morgan fingerprint density at radius 1 is 1.34 bits per heavy atom. The molecule has 176 valence electrons. The fraction of sp³-hybridized carbons (Fsp3) is 0.435. The number of rotatable bonds is 8. The summed E-state index contributed by atoms with van der Waals surface area (Å²) in [5.74, 6) is -1.49. The van der Waals surface area contributed by atoms with Crippen molar-refractivity contribution in [3.05, 3.63) is 51.5 Å². The molecule has 1 atom stereocenters. The summed E-state index contributed by atoms with van der Waals surface area (Å²) in [6.45, 7) is 7.16. The van der Waals surface area contributed by atoms with E-state index >= 15 is 0 Å². The summed E-state index contributed by atoms with van der Waals surface area (Å²) in [4.78, 5) is 29.4. The lowest BCUT2D eigenvalue weighted by Gasteiger charge is -2.25. The van der Waals surface area contributed by atoms with Gasteiger partial charge in [-0.05, 0) is 49.6 Å². The molecule has 0 bridgehead atoms. The van der Waals surface area contributed by atoms with Gasteiger partial charge in [0, 0.05) is 17.3 Å². The summed E-state index contributed by atoms with van der Waals surface area (Å²) in [6.07, 6.45) is 2.32. The Bertz CT molecular complexity index is 920. The molecule has 0 fully saturated rings. The van der Waals surface area contributed by atoms with Gasteiger partial charge >= 0.3 is 5.97 Å². The number of benzene rings is 1. The number of esters is 1. The number of ether oxygens (including phenoxy) is 1. The molecule has 1 amide bonds. The van der Waals surface area contributed by atoms with E-state index in [-0.39, 0.29) is 24.3 Å². The van der Waals surface area contributed by atoms with Crippen LogP contribution in [-0.4, -0.2) is 43.0 Å². The van der Waals surface area contributed by atoms with Crippen LogP contribution in [0.1, 0.15) is 47.3 Å². The Morgan fingerprint density at radius 3 is 2.53 bits per heavy atom. The van der Waals surface area contributed by atoms with Gasteiger partial charge in [-0.2, -0.15) is 0 Å². The van der Waals surface area contributed by atoms with E-state index in [2.05, 4.69) is 10.3 Å². The van der Waals surface area contributed by atoms with Crippen molar-refractivity contribution in [2.45, 2.75) is 46.6 Å². The maximum absolute atomic E-state index is 13.9. The molecule has 0 saturated carbocycles. The lowest BCUT2D eigenvalue weighted by molar-refractivity contribution is -0.130. The van der Waals surface area contributed by atoms with Gasteiger partial charge in [0.2, 0.25) is 5.91 Å². The molecule has 0 aliphatic carbocycles. The van der Waals surface area contributed by atoms with Gasteiger partial charge in [-0.3, -0.25) is 9.79 Å². The summed E-state index contributed by atoms with van der Waals surface area (Å²) in [7, 11) is 1.62. The quantitative estimate of drug-likeness (QED) is 0.239. The standard InChI is InChI=1S/C21H26FNO4S.C2H6N2/c1-5-14(12-24)23-20(26)21(3,4)11-15-7-9-18(28-15)19(25)27-17-8-6-13(2)10-16(17)22;1-4-2-3/h6-10,14,24H,5,11-12H2,1-4H3,(H,23,26);2H,1H3,(H2,3,4). The van der Waals surface area contributed by atoms with E-state index in [0.29, 0.717) is 17.7 Å². The molecule has 0 saturated heterocycles. The third kappa shape index (κ3) is 8.39. The lowest BCUT2D eigenvalue weighted by atomic mass is 9.87. The number of nitrogens with two attached hydrogens (primary N) is 1. The Hall–Kier alpha value is -2.78. The molecule has 0 spiro atoms. The number of hydrogen-bond donors (Lipinski definition) is 3. The van der Waals surface area contributed by atoms with E-state index in [1.165, 1.54) is 29.8 Å². The summed E-state index contributed by atoms with van der Waals surface area (Å²) in [6, 6.07) is 7.51. The van der Waals surface area contributed by atoms with E-state index in [0.717, 1.165) is 10.4 Å². The molecule has 2 aromatic rings. The molecule has 0 aliphatic heterocycles. The predicted octanol–water partition coefficient (Wildman–Crippen LogP) is 3.47. The van der Waals surface area contributed by atoms with Crippen molar-refractivity contribution < 1.29 is 23.8 Å². The second-order valence-electron chi connectivity index (χ2n) is 7.82. The molecule has 0 aliphatic rings. The summed E-state index contributed by atoms with van der Waals surface area (Å²) in [5, 5.41) is 12.1. The Balaban J connectivity index is 0.00000118. The van der Waals surface area contributed by atoms with Gasteiger partial charge in [0.15, 0.2) is 11.6 Å². The van der Waals surface area contributed by atoms with Crippen LogP contribution < -0.4 is 15.8 Å². The number of thiophene rings is 1. The zero-order valence-electron chi connectivity index (χ0n) is 19.1. The molecule has 2 rings (SSSR count). The number of amides is 1. The van der Waals surface area contributed by atoms with Crippen molar-refractivity contribution in [3.8, 4) is 5.75 Å². The van der Waals surface area contributed by atoms with Gasteiger partial charge in [-0.1, -0.05) is 26.8 Å². The minimum atomic E-state index is -0.711. The number of aliphatic hydroxyl groups excluding tert-OH is 1. The molecule has 4 N–H and O–H groups in total. The number of carbonyl (C=O) groups is 2. The van der Waals surface area contributed by atoms with E-state index < -0.39 is 17.2 Å². The van der Waals surface area contributed by atoms with E-state index in [1.54, 1.807) is 32.2 Å². The van der Waals surface area contributed by atoms with Crippen molar-refractivity contribution in [2.75, 3.05) is 13.7 Å². The van der Waals surface area contributed by atoms with Crippen LogP contribution in [0.2, 0.25) is 0 Å². The van der Waals surface area contributed by atoms with Crippen LogP contribution >= 0.6 is 11.3 Å². The molecule has 7 nitrogen and oxygen atoms in total. The molecule has 32 heavy (non-hydrogen) atoms. The van der Waals surface area contributed by atoms with Crippen LogP contribution in [0, 0.1) is 18.2 Å². The summed E-state index contributed by atoms with van der Waals surface area (Å²) >= 11 is 1.22. The Labute approximate surface area is 192 Å². The van der Waals surface area contributed by atoms with Crippen LogP contribution in [0.15, 0.2) is 35.3 Å². The van der Waals surface area contributed by atoms with E-state index in [1.807, 2.05) is 20.8 Å². The first-order chi connectivity index (χ1) is 15.1. The SMILES string of the molecule is CCC(CO)NC(=O)C(C)(C)Cc1ccc(C(=O)Oc2ccc(C)cc2F)s1.CN=CN. The number of halogens is 1.